The minimum atomic E-state index is 0.811. The quantitative estimate of drug-likeness (QED) is 0.855. The van der Waals surface area contributed by atoms with Crippen molar-refractivity contribution in [3.05, 3.63) is 70.2 Å². The Morgan fingerprint density at radius 1 is 0.941 bits per heavy atom. The van der Waals surface area contributed by atoms with Gasteiger partial charge in [-0.1, -0.05) is 53.6 Å². The van der Waals surface area contributed by atoms with E-state index in [1.165, 1.54) is 16.7 Å². The first kappa shape index (κ1) is 12.2. The van der Waals surface area contributed by atoms with Crippen LogP contribution in [0.1, 0.15) is 16.7 Å². The number of quaternary nitrogens is 1. The van der Waals surface area contributed by atoms with Crippen LogP contribution in [0.3, 0.4) is 0 Å². The van der Waals surface area contributed by atoms with Gasteiger partial charge in [-0.3, -0.25) is 0 Å². The predicted molar refractivity (Wildman–Crippen MR) is 72.0 cm³/mol. The third-order valence-electron chi connectivity index (χ3n) is 2.77. The van der Waals surface area contributed by atoms with Crippen molar-refractivity contribution < 1.29 is 5.32 Å². The molecule has 0 aliphatic heterocycles. The fraction of sp³-hybridized carbons (Fsp3) is 0.200. The Morgan fingerprint density at radius 3 is 2.35 bits per heavy atom. The summed E-state index contributed by atoms with van der Waals surface area (Å²) in [6, 6.07) is 16.7. The smallest absolute Gasteiger partial charge is 0.102 e. The van der Waals surface area contributed by atoms with Crippen molar-refractivity contribution in [3.8, 4) is 0 Å². The molecule has 0 aromatic heterocycles. The third-order valence-corrected chi connectivity index (χ3v) is 3.00. The highest BCUT2D eigenvalue weighted by atomic mass is 35.5. The molecule has 0 unspecified atom stereocenters. The van der Waals surface area contributed by atoms with Gasteiger partial charge in [0.05, 0.1) is 0 Å². The second-order valence-electron chi connectivity index (χ2n) is 4.31. The molecule has 0 atom stereocenters. The van der Waals surface area contributed by atoms with E-state index in [0.717, 1.165) is 18.1 Å². The van der Waals surface area contributed by atoms with Crippen molar-refractivity contribution in [2.45, 2.75) is 20.0 Å². The first-order valence-corrected chi connectivity index (χ1v) is 6.23. The Labute approximate surface area is 107 Å². The molecule has 2 N–H and O–H groups in total. The van der Waals surface area contributed by atoms with Crippen LogP contribution in [0.25, 0.3) is 0 Å². The minimum absolute atomic E-state index is 0.811. The maximum Gasteiger partial charge on any atom is 0.102 e. The molecule has 0 amide bonds. The minimum Gasteiger partial charge on any atom is -0.339 e. The van der Waals surface area contributed by atoms with Crippen LogP contribution in [0.5, 0.6) is 0 Å². The third kappa shape index (κ3) is 3.88. The van der Waals surface area contributed by atoms with E-state index in [9.17, 15) is 0 Å². The average molecular weight is 247 g/mol. The van der Waals surface area contributed by atoms with Gasteiger partial charge in [0.25, 0.3) is 0 Å². The van der Waals surface area contributed by atoms with Crippen molar-refractivity contribution in [2.75, 3.05) is 0 Å². The van der Waals surface area contributed by atoms with Crippen LogP contribution in [0.4, 0.5) is 0 Å². The molecule has 0 aliphatic rings. The Hall–Kier alpha value is -1.31. The number of halogens is 1. The molecule has 2 heteroatoms. The van der Waals surface area contributed by atoms with Gasteiger partial charge in [-0.2, -0.15) is 0 Å². The molecule has 17 heavy (non-hydrogen) atoms. The number of benzene rings is 2. The summed E-state index contributed by atoms with van der Waals surface area (Å²) in [5.74, 6) is 0. The predicted octanol–water partition coefficient (Wildman–Crippen LogP) is 2.91. The van der Waals surface area contributed by atoms with E-state index < -0.39 is 0 Å². The largest absolute Gasteiger partial charge is 0.339 e. The van der Waals surface area contributed by atoms with E-state index in [4.69, 9.17) is 11.6 Å². The summed E-state index contributed by atoms with van der Waals surface area (Å²) in [7, 11) is 0. The summed E-state index contributed by atoms with van der Waals surface area (Å²) >= 11 is 5.94. The van der Waals surface area contributed by atoms with Gasteiger partial charge in [0.15, 0.2) is 0 Å². The molecule has 0 radical (unpaired) electrons. The number of aryl methyl sites for hydroxylation is 1. The van der Waals surface area contributed by atoms with Crippen molar-refractivity contribution in [2.24, 2.45) is 0 Å². The molecule has 0 saturated heterocycles. The first-order chi connectivity index (χ1) is 8.24. The Balaban J connectivity index is 1.85. The summed E-state index contributed by atoms with van der Waals surface area (Å²) in [5, 5.41) is 3.10. The van der Waals surface area contributed by atoms with Crippen LogP contribution >= 0.6 is 11.6 Å². The summed E-state index contributed by atoms with van der Waals surface area (Å²) in [5.41, 5.74) is 3.94. The van der Waals surface area contributed by atoms with Crippen molar-refractivity contribution in [3.63, 3.8) is 0 Å². The fourth-order valence-electron chi connectivity index (χ4n) is 1.79. The summed E-state index contributed by atoms with van der Waals surface area (Å²) in [6.45, 7) is 4.08. The zero-order valence-electron chi connectivity index (χ0n) is 9.99. The molecule has 0 heterocycles. The van der Waals surface area contributed by atoms with Gasteiger partial charge in [0, 0.05) is 16.1 Å². The fourth-order valence-corrected chi connectivity index (χ4v) is 2.01. The number of hydrogen-bond acceptors (Lipinski definition) is 0. The van der Waals surface area contributed by atoms with Crippen LogP contribution in [-0.2, 0) is 13.1 Å². The average Bonchev–Trinajstić information content (AvgIpc) is 2.32. The monoisotopic (exact) mass is 246 g/mol. The molecule has 2 aromatic rings. The maximum atomic E-state index is 5.94. The van der Waals surface area contributed by atoms with E-state index >= 15 is 0 Å². The molecular weight excluding hydrogens is 230 g/mol. The molecule has 0 saturated carbocycles. The van der Waals surface area contributed by atoms with Crippen LogP contribution in [-0.4, -0.2) is 0 Å². The highest BCUT2D eigenvalue weighted by Crippen LogP contribution is 2.09. The van der Waals surface area contributed by atoms with Crippen LogP contribution in [0.2, 0.25) is 5.02 Å². The van der Waals surface area contributed by atoms with Crippen LogP contribution in [0.15, 0.2) is 48.5 Å². The summed E-state index contributed by atoms with van der Waals surface area (Å²) < 4.78 is 0. The van der Waals surface area contributed by atoms with E-state index in [1.54, 1.807) is 0 Å². The summed E-state index contributed by atoms with van der Waals surface area (Å²) in [4.78, 5) is 0. The molecule has 2 aromatic carbocycles. The molecule has 0 fully saturated rings. The second-order valence-corrected chi connectivity index (χ2v) is 4.75. The highest BCUT2D eigenvalue weighted by molar-refractivity contribution is 6.30. The van der Waals surface area contributed by atoms with Gasteiger partial charge < -0.3 is 5.32 Å². The second kappa shape index (κ2) is 5.85. The van der Waals surface area contributed by atoms with E-state index in [1.807, 2.05) is 18.2 Å². The van der Waals surface area contributed by atoms with E-state index in [0.29, 0.717) is 0 Å². The van der Waals surface area contributed by atoms with E-state index in [2.05, 4.69) is 42.6 Å². The molecule has 2 rings (SSSR count). The van der Waals surface area contributed by atoms with Crippen molar-refractivity contribution in [1.82, 2.24) is 0 Å². The molecule has 0 spiro atoms. The summed E-state index contributed by atoms with van der Waals surface area (Å²) in [6.07, 6.45) is 0. The van der Waals surface area contributed by atoms with Gasteiger partial charge >= 0.3 is 0 Å². The maximum absolute atomic E-state index is 5.94. The van der Waals surface area contributed by atoms with Gasteiger partial charge in [0.2, 0.25) is 0 Å². The molecule has 1 nitrogen and oxygen atoms in total. The lowest BCUT2D eigenvalue weighted by molar-refractivity contribution is -0.686. The van der Waals surface area contributed by atoms with Crippen LogP contribution in [0, 0.1) is 6.92 Å². The van der Waals surface area contributed by atoms with Crippen molar-refractivity contribution in [1.29, 1.82) is 0 Å². The normalized spacial score (nSPS) is 10.5. The standard InChI is InChI=1S/C15H16ClN/c1-12-5-7-13(8-6-12)10-17-11-14-3-2-4-15(16)9-14/h2-9,17H,10-11H2,1H3/p+1. The lowest BCUT2D eigenvalue weighted by Gasteiger charge is -2.03. The van der Waals surface area contributed by atoms with Gasteiger partial charge in [-0.15, -0.1) is 0 Å². The number of hydrogen-bond donors (Lipinski definition) is 1. The Kier molecular flexibility index (Phi) is 4.18. The van der Waals surface area contributed by atoms with Crippen molar-refractivity contribution >= 4 is 11.6 Å². The van der Waals surface area contributed by atoms with Gasteiger partial charge in [-0.25, -0.2) is 0 Å². The zero-order chi connectivity index (χ0) is 12.1. The van der Waals surface area contributed by atoms with Gasteiger partial charge in [0.1, 0.15) is 13.1 Å². The molecule has 88 valence electrons. The topological polar surface area (TPSA) is 16.6 Å². The Morgan fingerprint density at radius 2 is 1.65 bits per heavy atom. The number of nitrogens with two attached hydrogens (primary N) is 1. The van der Waals surface area contributed by atoms with Gasteiger partial charge in [-0.05, 0) is 19.1 Å². The zero-order valence-corrected chi connectivity index (χ0v) is 10.7. The molecule has 0 bridgehead atoms. The molecular formula is C15H17ClN+. The Bertz CT molecular complexity index is 477. The van der Waals surface area contributed by atoms with Crippen LogP contribution < -0.4 is 5.32 Å². The van der Waals surface area contributed by atoms with E-state index in [-0.39, 0.29) is 0 Å². The lowest BCUT2D eigenvalue weighted by Crippen LogP contribution is -2.80. The first-order valence-electron chi connectivity index (χ1n) is 5.86. The number of rotatable bonds is 4. The highest BCUT2D eigenvalue weighted by Gasteiger charge is 1.98. The molecule has 0 aliphatic carbocycles. The lowest BCUT2D eigenvalue weighted by atomic mass is 10.1. The SMILES string of the molecule is Cc1ccc(C[NH2+]Cc2cccc(Cl)c2)cc1.